The Labute approximate surface area is 208 Å². The number of amides is 3. The minimum Gasteiger partial charge on any atom is -0.480 e. The molecule has 2 N–H and O–H groups in total. The third kappa shape index (κ3) is 4.59. The third-order valence-electron chi connectivity index (χ3n) is 7.40. The van der Waals surface area contributed by atoms with Crippen LogP contribution in [-0.2, 0) is 9.59 Å². The number of hydrogen-bond acceptors (Lipinski definition) is 3. The molecule has 3 amide bonds. The van der Waals surface area contributed by atoms with Gasteiger partial charge in [-0.15, -0.1) is 0 Å². The van der Waals surface area contributed by atoms with Gasteiger partial charge in [0, 0.05) is 23.8 Å². The van der Waals surface area contributed by atoms with Crippen LogP contribution >= 0.6 is 11.6 Å². The molecule has 35 heavy (non-hydrogen) atoms. The quantitative estimate of drug-likeness (QED) is 0.553. The van der Waals surface area contributed by atoms with E-state index < -0.39 is 29.3 Å². The number of carbonyl (C=O) groups excluding carboxylic acids is 2. The fourth-order valence-corrected chi connectivity index (χ4v) is 5.29. The summed E-state index contributed by atoms with van der Waals surface area (Å²) in [6, 6.07) is 11.5. The summed E-state index contributed by atoms with van der Waals surface area (Å²) in [5.41, 5.74) is 0.636. The maximum atomic E-state index is 14.0. The predicted octanol–water partition coefficient (Wildman–Crippen LogP) is 4.86. The van der Waals surface area contributed by atoms with Gasteiger partial charge in [-0.05, 0) is 54.7 Å². The van der Waals surface area contributed by atoms with Gasteiger partial charge in [0.1, 0.15) is 11.9 Å². The van der Waals surface area contributed by atoms with Gasteiger partial charge in [-0.3, -0.25) is 4.79 Å². The number of likely N-dealkylation sites (tertiary alicyclic amines) is 1. The minimum atomic E-state index is -1.07. The average molecular weight is 502 g/mol. The Bertz CT molecular complexity index is 1120. The van der Waals surface area contributed by atoms with E-state index in [-0.39, 0.29) is 17.9 Å². The fourth-order valence-electron chi connectivity index (χ4n) is 5.16. The van der Waals surface area contributed by atoms with Gasteiger partial charge >= 0.3 is 12.0 Å². The molecule has 1 unspecified atom stereocenters. The first kappa shape index (κ1) is 25.0. The zero-order chi connectivity index (χ0) is 25.3. The number of aliphatic carboxylic acids is 1. The summed E-state index contributed by atoms with van der Waals surface area (Å²) < 4.78 is 14.0. The number of carboxylic acids is 1. The highest BCUT2D eigenvalue weighted by molar-refractivity contribution is 6.30. The lowest BCUT2D eigenvalue weighted by atomic mass is 9.62. The molecule has 0 bridgehead atoms. The van der Waals surface area contributed by atoms with Gasteiger partial charge in [-0.25, -0.2) is 14.0 Å². The molecular weight excluding hydrogens is 473 g/mol. The molecule has 0 saturated carbocycles. The van der Waals surface area contributed by atoms with Crippen molar-refractivity contribution in [2.24, 2.45) is 11.3 Å². The van der Waals surface area contributed by atoms with Crippen LogP contribution in [0.25, 0.3) is 0 Å². The summed E-state index contributed by atoms with van der Waals surface area (Å²) in [5.74, 6) is -1.81. The van der Waals surface area contributed by atoms with Crippen LogP contribution in [0.2, 0.25) is 5.02 Å². The minimum absolute atomic E-state index is 0.105. The molecule has 2 saturated heterocycles. The number of anilines is 1. The smallest absolute Gasteiger partial charge is 0.326 e. The Morgan fingerprint density at radius 3 is 2.43 bits per heavy atom. The average Bonchev–Trinajstić information content (AvgIpc) is 2.85. The summed E-state index contributed by atoms with van der Waals surface area (Å²) in [7, 11) is 0. The lowest BCUT2D eigenvalue weighted by Gasteiger charge is -2.59. The Hall–Kier alpha value is -3.13. The lowest BCUT2D eigenvalue weighted by molar-refractivity contribution is -0.144. The molecule has 9 heteroatoms. The summed E-state index contributed by atoms with van der Waals surface area (Å²) in [6.45, 7) is 4.28. The van der Waals surface area contributed by atoms with E-state index in [9.17, 15) is 23.9 Å². The monoisotopic (exact) mass is 501 g/mol. The molecule has 4 rings (SSSR count). The van der Waals surface area contributed by atoms with Gasteiger partial charge in [0.15, 0.2) is 0 Å². The van der Waals surface area contributed by atoms with Crippen LogP contribution < -0.4 is 10.2 Å². The molecule has 0 aromatic heterocycles. The predicted molar refractivity (Wildman–Crippen MR) is 131 cm³/mol. The number of carboxylic acid groups (broad SMARTS) is 1. The number of halogens is 2. The van der Waals surface area contributed by atoms with Gasteiger partial charge in [0.2, 0.25) is 5.91 Å². The molecule has 2 aromatic rings. The molecule has 2 fully saturated rings. The largest absolute Gasteiger partial charge is 0.480 e. The number of piperidine rings is 1. The molecular formula is C26H29ClFN3O4. The van der Waals surface area contributed by atoms with Crippen molar-refractivity contribution in [1.82, 2.24) is 10.2 Å². The second kappa shape index (κ2) is 9.85. The van der Waals surface area contributed by atoms with Crippen LogP contribution in [0.1, 0.15) is 44.7 Å². The van der Waals surface area contributed by atoms with Crippen molar-refractivity contribution in [3.63, 3.8) is 0 Å². The molecule has 186 valence electrons. The first-order valence-corrected chi connectivity index (χ1v) is 12.2. The van der Waals surface area contributed by atoms with Gasteiger partial charge in [0.25, 0.3) is 0 Å². The van der Waals surface area contributed by atoms with E-state index in [1.54, 1.807) is 41.0 Å². The standard InChI is InChI=1S/C26H29ClFN3O4/c1-3-16(2)21(23(32)33)29-25(35)30-13-11-26(12-14-30)22(17-7-9-18(27)10-8-17)31(24(26)34)20-6-4-5-19(28)15-20/h4-10,15-16,21-22H,3,11-14H2,1-2H3,(H,29,35)(H,32,33)/t16-,21-,22?/m1/s1. The van der Waals surface area contributed by atoms with Crippen molar-refractivity contribution in [1.29, 1.82) is 0 Å². The maximum absolute atomic E-state index is 14.0. The van der Waals surface area contributed by atoms with E-state index >= 15 is 0 Å². The molecule has 2 heterocycles. The number of nitrogens with zero attached hydrogens (tertiary/aromatic N) is 2. The van der Waals surface area contributed by atoms with Crippen LogP contribution in [0.4, 0.5) is 14.9 Å². The molecule has 0 aliphatic carbocycles. The van der Waals surface area contributed by atoms with Crippen molar-refractivity contribution in [2.75, 3.05) is 18.0 Å². The van der Waals surface area contributed by atoms with Crippen molar-refractivity contribution < 1.29 is 23.9 Å². The van der Waals surface area contributed by atoms with Crippen LogP contribution in [0.3, 0.4) is 0 Å². The van der Waals surface area contributed by atoms with Crippen LogP contribution in [0.5, 0.6) is 0 Å². The van der Waals surface area contributed by atoms with Gasteiger partial charge in [-0.2, -0.15) is 0 Å². The Morgan fingerprint density at radius 1 is 1.20 bits per heavy atom. The molecule has 0 radical (unpaired) electrons. The van der Waals surface area contributed by atoms with E-state index in [4.69, 9.17) is 11.6 Å². The summed E-state index contributed by atoms with van der Waals surface area (Å²) in [6.07, 6.45) is 1.45. The highest BCUT2D eigenvalue weighted by Gasteiger charge is 2.62. The van der Waals surface area contributed by atoms with Crippen molar-refractivity contribution in [2.45, 2.75) is 45.2 Å². The highest BCUT2D eigenvalue weighted by atomic mass is 35.5. The van der Waals surface area contributed by atoms with Crippen LogP contribution in [0.15, 0.2) is 48.5 Å². The number of urea groups is 1. The van der Waals surface area contributed by atoms with Crippen molar-refractivity contribution in [3.8, 4) is 0 Å². The SMILES string of the molecule is CC[C@@H](C)[C@@H](NC(=O)N1CCC2(CC1)C(=O)N(c1cccc(F)c1)C2c1ccc(Cl)cc1)C(=O)O. The second-order valence-electron chi connectivity index (χ2n) is 9.40. The lowest BCUT2D eigenvalue weighted by Crippen LogP contribution is -2.67. The Kier molecular flexibility index (Phi) is 7.03. The van der Waals surface area contributed by atoms with Gasteiger partial charge in [-0.1, -0.05) is 50.1 Å². The van der Waals surface area contributed by atoms with E-state index in [0.29, 0.717) is 43.1 Å². The first-order chi connectivity index (χ1) is 16.7. The molecule has 2 aliphatic heterocycles. The topological polar surface area (TPSA) is 90.0 Å². The highest BCUT2D eigenvalue weighted by Crippen LogP contribution is 2.57. The van der Waals surface area contributed by atoms with E-state index in [2.05, 4.69) is 5.32 Å². The van der Waals surface area contributed by atoms with E-state index in [1.807, 2.05) is 19.1 Å². The molecule has 2 aromatic carbocycles. The van der Waals surface area contributed by atoms with Crippen molar-refractivity contribution >= 4 is 35.2 Å². The number of hydrogen-bond donors (Lipinski definition) is 2. The number of β-lactam (4-membered cyclic amide) rings is 1. The van der Waals surface area contributed by atoms with Crippen molar-refractivity contribution in [3.05, 3.63) is 64.9 Å². The molecule has 1 spiro atoms. The van der Waals surface area contributed by atoms with Crippen LogP contribution in [0, 0.1) is 17.2 Å². The van der Waals surface area contributed by atoms with Gasteiger partial charge in [0.05, 0.1) is 11.5 Å². The maximum Gasteiger partial charge on any atom is 0.326 e. The van der Waals surface area contributed by atoms with Crippen LogP contribution in [-0.4, -0.2) is 47.0 Å². The molecule has 3 atom stereocenters. The molecule has 7 nitrogen and oxygen atoms in total. The fraction of sp³-hybridized carbons (Fsp3) is 0.423. The molecule has 2 aliphatic rings. The number of nitrogens with one attached hydrogen (secondary N) is 1. The second-order valence-corrected chi connectivity index (χ2v) is 9.84. The third-order valence-corrected chi connectivity index (χ3v) is 7.65. The van der Waals surface area contributed by atoms with Gasteiger partial charge < -0.3 is 20.2 Å². The number of carbonyl (C=O) groups is 3. The zero-order valence-electron chi connectivity index (χ0n) is 19.7. The Balaban J connectivity index is 1.55. The zero-order valence-corrected chi connectivity index (χ0v) is 20.5. The van der Waals surface area contributed by atoms with E-state index in [1.165, 1.54) is 12.1 Å². The number of benzene rings is 2. The summed E-state index contributed by atoms with van der Waals surface area (Å²) >= 11 is 6.08. The Morgan fingerprint density at radius 2 is 1.86 bits per heavy atom. The summed E-state index contributed by atoms with van der Waals surface area (Å²) in [4.78, 5) is 41.2. The van der Waals surface area contributed by atoms with E-state index in [0.717, 1.165) is 5.56 Å². The normalized spacial score (nSPS) is 20.8. The first-order valence-electron chi connectivity index (χ1n) is 11.8. The summed E-state index contributed by atoms with van der Waals surface area (Å²) in [5, 5.41) is 12.7. The number of rotatable bonds is 6.